The van der Waals surface area contributed by atoms with Gasteiger partial charge in [0, 0.05) is 18.7 Å². The number of rotatable bonds is 6. The van der Waals surface area contributed by atoms with Crippen LogP contribution >= 0.6 is 0 Å². The maximum atomic E-state index is 12.6. The number of halogens is 3. The summed E-state index contributed by atoms with van der Waals surface area (Å²) in [6.45, 7) is 1.90. The molecule has 0 saturated heterocycles. The molecule has 8 heteroatoms. The summed E-state index contributed by atoms with van der Waals surface area (Å²) in [6.07, 6.45) is -4.47. The van der Waals surface area contributed by atoms with Crippen LogP contribution in [-0.2, 0) is 11.0 Å². The number of nitrogens with zero attached hydrogens (tertiary/aromatic N) is 1. The number of carbonyl (C=O) groups is 1. The van der Waals surface area contributed by atoms with E-state index in [4.69, 9.17) is 4.74 Å². The van der Waals surface area contributed by atoms with Gasteiger partial charge in [-0.05, 0) is 24.3 Å². The second-order valence-corrected chi connectivity index (χ2v) is 4.89. The Morgan fingerprint density at radius 3 is 2.67 bits per heavy atom. The largest absolute Gasteiger partial charge is 0.492 e. The number of hydrogen-bond acceptors (Lipinski definition) is 4. The SMILES string of the molecule is CC(=O)Nc1cccc(OCCNc2cccc(C(F)(F)F)n2)c1. The molecule has 1 heterocycles. The number of amides is 1. The highest BCUT2D eigenvalue weighted by atomic mass is 19.4. The van der Waals surface area contributed by atoms with Crippen molar-refractivity contribution >= 4 is 17.4 Å². The molecule has 1 amide bonds. The molecule has 0 bridgehead atoms. The maximum Gasteiger partial charge on any atom is 0.433 e. The first-order chi connectivity index (χ1) is 11.3. The Balaban J connectivity index is 1.84. The lowest BCUT2D eigenvalue weighted by Gasteiger charge is -2.11. The van der Waals surface area contributed by atoms with Crippen LogP contribution in [0.3, 0.4) is 0 Å². The molecule has 0 atom stereocenters. The van der Waals surface area contributed by atoms with Crippen molar-refractivity contribution in [2.45, 2.75) is 13.1 Å². The van der Waals surface area contributed by atoms with E-state index in [0.717, 1.165) is 6.07 Å². The van der Waals surface area contributed by atoms with Gasteiger partial charge in [-0.2, -0.15) is 13.2 Å². The molecule has 2 aromatic rings. The van der Waals surface area contributed by atoms with Crippen LogP contribution in [0, 0.1) is 0 Å². The minimum atomic E-state index is -4.47. The summed E-state index contributed by atoms with van der Waals surface area (Å²) in [4.78, 5) is 14.5. The average Bonchev–Trinajstić information content (AvgIpc) is 2.51. The highest BCUT2D eigenvalue weighted by Gasteiger charge is 2.32. The zero-order valence-electron chi connectivity index (χ0n) is 12.9. The molecule has 0 aliphatic heterocycles. The average molecular weight is 339 g/mol. The fourth-order valence-corrected chi connectivity index (χ4v) is 1.91. The third-order valence-electron chi connectivity index (χ3n) is 2.87. The van der Waals surface area contributed by atoms with Gasteiger partial charge in [0.2, 0.25) is 5.91 Å². The molecule has 0 aliphatic rings. The number of ether oxygens (including phenoxy) is 1. The zero-order chi connectivity index (χ0) is 17.6. The van der Waals surface area contributed by atoms with Crippen LogP contribution < -0.4 is 15.4 Å². The van der Waals surface area contributed by atoms with E-state index in [2.05, 4.69) is 15.6 Å². The van der Waals surface area contributed by atoms with Gasteiger partial charge in [0.1, 0.15) is 23.9 Å². The number of carbonyl (C=O) groups excluding carboxylic acids is 1. The van der Waals surface area contributed by atoms with Crippen molar-refractivity contribution in [3.8, 4) is 5.75 Å². The van der Waals surface area contributed by atoms with E-state index in [-0.39, 0.29) is 24.9 Å². The van der Waals surface area contributed by atoms with Gasteiger partial charge in [-0.15, -0.1) is 0 Å². The first-order valence-electron chi connectivity index (χ1n) is 7.13. The van der Waals surface area contributed by atoms with Crippen molar-refractivity contribution in [1.82, 2.24) is 4.98 Å². The van der Waals surface area contributed by atoms with Crippen LogP contribution in [0.2, 0.25) is 0 Å². The number of aromatic nitrogens is 1. The van der Waals surface area contributed by atoms with Gasteiger partial charge < -0.3 is 15.4 Å². The van der Waals surface area contributed by atoms with Crippen LogP contribution in [0.1, 0.15) is 12.6 Å². The Kier molecular flexibility index (Phi) is 5.62. The summed E-state index contributed by atoms with van der Waals surface area (Å²) in [5, 5.41) is 5.40. The van der Waals surface area contributed by atoms with E-state index in [1.54, 1.807) is 24.3 Å². The smallest absolute Gasteiger partial charge is 0.433 e. The molecule has 2 N–H and O–H groups in total. The van der Waals surface area contributed by atoms with E-state index in [9.17, 15) is 18.0 Å². The van der Waals surface area contributed by atoms with Crippen LogP contribution in [0.25, 0.3) is 0 Å². The van der Waals surface area contributed by atoms with Crippen LogP contribution in [-0.4, -0.2) is 24.0 Å². The summed E-state index contributed by atoms with van der Waals surface area (Å²) in [5.74, 6) is 0.477. The molecule has 24 heavy (non-hydrogen) atoms. The Hall–Kier alpha value is -2.77. The molecular formula is C16H16F3N3O2. The molecule has 0 radical (unpaired) electrons. The highest BCUT2D eigenvalue weighted by molar-refractivity contribution is 5.88. The molecule has 0 saturated carbocycles. The predicted octanol–water partition coefficient (Wildman–Crippen LogP) is 3.55. The Morgan fingerprint density at radius 1 is 1.21 bits per heavy atom. The number of hydrogen-bond donors (Lipinski definition) is 2. The molecule has 128 valence electrons. The quantitative estimate of drug-likeness (QED) is 0.790. The van der Waals surface area contributed by atoms with Gasteiger partial charge >= 0.3 is 6.18 Å². The molecule has 1 aromatic heterocycles. The monoisotopic (exact) mass is 339 g/mol. The van der Waals surface area contributed by atoms with E-state index in [1.807, 2.05) is 0 Å². The molecular weight excluding hydrogens is 323 g/mol. The molecule has 5 nitrogen and oxygen atoms in total. The predicted molar refractivity (Wildman–Crippen MR) is 84.0 cm³/mol. The van der Waals surface area contributed by atoms with E-state index in [1.165, 1.54) is 19.1 Å². The lowest BCUT2D eigenvalue weighted by Crippen LogP contribution is -2.14. The van der Waals surface area contributed by atoms with Gasteiger partial charge in [0.15, 0.2) is 0 Å². The molecule has 2 rings (SSSR count). The fourth-order valence-electron chi connectivity index (χ4n) is 1.91. The van der Waals surface area contributed by atoms with Crippen LogP contribution in [0.5, 0.6) is 5.75 Å². The normalized spacial score (nSPS) is 11.0. The molecule has 1 aromatic carbocycles. The van der Waals surface area contributed by atoms with Crippen molar-refractivity contribution in [2.75, 3.05) is 23.8 Å². The van der Waals surface area contributed by atoms with Crippen molar-refractivity contribution in [3.05, 3.63) is 48.2 Å². The van der Waals surface area contributed by atoms with Crippen LogP contribution in [0.4, 0.5) is 24.7 Å². The van der Waals surface area contributed by atoms with Gasteiger partial charge in [-0.25, -0.2) is 4.98 Å². The maximum absolute atomic E-state index is 12.6. The van der Waals surface area contributed by atoms with Gasteiger partial charge in [0.05, 0.1) is 6.54 Å². The number of nitrogens with one attached hydrogen (secondary N) is 2. The summed E-state index contributed by atoms with van der Waals surface area (Å²) >= 11 is 0. The summed E-state index contributed by atoms with van der Waals surface area (Å²) in [6, 6.07) is 10.5. The molecule has 0 fully saturated rings. The third-order valence-corrected chi connectivity index (χ3v) is 2.87. The number of alkyl halides is 3. The van der Waals surface area contributed by atoms with E-state index < -0.39 is 11.9 Å². The standard InChI is InChI=1S/C16H16F3N3O2/c1-11(23)21-12-4-2-5-13(10-12)24-9-8-20-15-7-3-6-14(22-15)16(17,18)19/h2-7,10H,8-9H2,1H3,(H,20,22)(H,21,23). The lowest BCUT2D eigenvalue weighted by molar-refractivity contribution is -0.141. The number of pyridine rings is 1. The molecule has 0 unspecified atom stereocenters. The summed E-state index contributed by atoms with van der Waals surface area (Å²) in [5.41, 5.74) is -0.344. The molecule has 0 aliphatic carbocycles. The van der Waals surface area contributed by atoms with Crippen molar-refractivity contribution in [2.24, 2.45) is 0 Å². The number of benzene rings is 1. The van der Waals surface area contributed by atoms with E-state index >= 15 is 0 Å². The van der Waals surface area contributed by atoms with Crippen molar-refractivity contribution < 1.29 is 22.7 Å². The van der Waals surface area contributed by atoms with E-state index in [0.29, 0.717) is 11.4 Å². The second-order valence-electron chi connectivity index (χ2n) is 4.89. The van der Waals surface area contributed by atoms with Crippen LogP contribution in [0.15, 0.2) is 42.5 Å². The molecule has 0 spiro atoms. The summed E-state index contributed by atoms with van der Waals surface area (Å²) in [7, 11) is 0. The zero-order valence-corrected chi connectivity index (χ0v) is 12.9. The second kappa shape index (κ2) is 7.67. The third kappa shape index (κ3) is 5.45. The van der Waals surface area contributed by atoms with Gasteiger partial charge in [-0.1, -0.05) is 12.1 Å². The van der Waals surface area contributed by atoms with Gasteiger partial charge in [-0.3, -0.25) is 4.79 Å². The first-order valence-corrected chi connectivity index (χ1v) is 7.13. The Bertz CT molecular complexity index is 705. The van der Waals surface area contributed by atoms with Crippen molar-refractivity contribution in [3.63, 3.8) is 0 Å². The Morgan fingerprint density at radius 2 is 1.96 bits per heavy atom. The summed E-state index contributed by atoms with van der Waals surface area (Å²) < 4.78 is 43.2. The number of anilines is 2. The topological polar surface area (TPSA) is 63.2 Å². The minimum absolute atomic E-state index is 0.125. The highest BCUT2D eigenvalue weighted by Crippen LogP contribution is 2.28. The van der Waals surface area contributed by atoms with Gasteiger partial charge in [0.25, 0.3) is 0 Å². The lowest BCUT2D eigenvalue weighted by atomic mass is 10.3. The minimum Gasteiger partial charge on any atom is -0.492 e. The fraction of sp³-hybridized carbons (Fsp3) is 0.250. The first kappa shape index (κ1) is 17.6. The van der Waals surface area contributed by atoms with Crippen molar-refractivity contribution in [1.29, 1.82) is 0 Å². The Labute approximate surface area is 136 Å².